The fourth-order valence-electron chi connectivity index (χ4n) is 3.33. The number of alkyl halides is 3. The van der Waals surface area contributed by atoms with E-state index in [1.165, 1.54) is 6.92 Å². The molecule has 2 aliphatic heterocycles. The second kappa shape index (κ2) is 6.10. The van der Waals surface area contributed by atoms with E-state index in [0.29, 0.717) is 44.1 Å². The number of urea groups is 1. The van der Waals surface area contributed by atoms with E-state index in [0.717, 1.165) is 0 Å². The molecule has 1 aromatic rings. The van der Waals surface area contributed by atoms with Crippen LogP contribution in [0.2, 0.25) is 0 Å². The Balaban J connectivity index is 1.74. The first kappa shape index (κ1) is 18.4. The molecule has 25 heavy (non-hydrogen) atoms. The van der Waals surface area contributed by atoms with Crippen molar-refractivity contribution in [2.24, 2.45) is 0 Å². The van der Waals surface area contributed by atoms with Crippen molar-refractivity contribution in [1.82, 2.24) is 9.88 Å². The smallest absolute Gasteiger partial charge is 0.378 e. The van der Waals surface area contributed by atoms with Crippen LogP contribution in [-0.4, -0.2) is 53.4 Å². The zero-order valence-electron chi connectivity index (χ0n) is 14.2. The number of carbonyl (C=O) groups is 1. The van der Waals surface area contributed by atoms with E-state index in [4.69, 9.17) is 9.47 Å². The van der Waals surface area contributed by atoms with Crippen LogP contribution in [0.25, 0.3) is 0 Å². The van der Waals surface area contributed by atoms with Gasteiger partial charge in [0, 0.05) is 13.0 Å². The number of anilines is 1. The predicted octanol–water partition coefficient (Wildman–Crippen LogP) is 3.27. The number of rotatable bonds is 1. The van der Waals surface area contributed by atoms with Crippen LogP contribution in [-0.2, 0) is 15.7 Å². The molecule has 140 valence electrons. The van der Waals surface area contributed by atoms with Gasteiger partial charge in [-0.1, -0.05) is 11.3 Å². The second-order valence-corrected chi connectivity index (χ2v) is 8.06. The monoisotopic (exact) mass is 379 g/mol. The zero-order chi connectivity index (χ0) is 18.5. The molecule has 3 rings (SSSR count). The largest absolute Gasteiger partial charge is 0.427 e. The zero-order valence-corrected chi connectivity index (χ0v) is 15.0. The van der Waals surface area contributed by atoms with Gasteiger partial charge in [0.15, 0.2) is 5.13 Å². The van der Waals surface area contributed by atoms with Gasteiger partial charge < -0.3 is 14.4 Å². The van der Waals surface area contributed by atoms with Crippen molar-refractivity contribution < 1.29 is 27.4 Å². The van der Waals surface area contributed by atoms with Crippen LogP contribution in [0.3, 0.4) is 0 Å². The molecule has 10 heteroatoms. The van der Waals surface area contributed by atoms with Gasteiger partial charge in [0.05, 0.1) is 31.0 Å². The van der Waals surface area contributed by atoms with E-state index in [9.17, 15) is 18.0 Å². The van der Waals surface area contributed by atoms with Crippen LogP contribution < -0.4 is 5.32 Å². The highest BCUT2D eigenvalue weighted by atomic mass is 32.1. The normalized spacial score (nSPS) is 26.2. The summed E-state index contributed by atoms with van der Waals surface area (Å²) in [7, 11) is 0. The van der Waals surface area contributed by atoms with Crippen molar-refractivity contribution in [3.8, 4) is 0 Å². The lowest BCUT2D eigenvalue weighted by molar-refractivity contribution is -0.185. The van der Waals surface area contributed by atoms with Gasteiger partial charge in [-0.05, 0) is 20.8 Å². The van der Waals surface area contributed by atoms with Crippen molar-refractivity contribution in [2.45, 2.75) is 44.6 Å². The number of hydrogen-bond donors (Lipinski definition) is 1. The Morgan fingerprint density at radius 3 is 2.64 bits per heavy atom. The highest BCUT2D eigenvalue weighted by Gasteiger charge is 2.48. The first-order valence-corrected chi connectivity index (χ1v) is 8.70. The lowest BCUT2D eigenvalue weighted by atomic mass is 9.95. The molecule has 2 fully saturated rings. The molecule has 0 saturated carbocycles. The topological polar surface area (TPSA) is 63.7 Å². The van der Waals surface area contributed by atoms with Gasteiger partial charge in [0.2, 0.25) is 0 Å². The van der Waals surface area contributed by atoms with Gasteiger partial charge >= 0.3 is 12.2 Å². The maximum atomic E-state index is 12.9. The van der Waals surface area contributed by atoms with Crippen molar-refractivity contribution in [3.05, 3.63) is 10.6 Å². The van der Waals surface area contributed by atoms with E-state index < -0.39 is 28.3 Å². The van der Waals surface area contributed by atoms with Gasteiger partial charge in [0.1, 0.15) is 10.5 Å². The van der Waals surface area contributed by atoms with Gasteiger partial charge in [-0.3, -0.25) is 5.32 Å². The molecular weight excluding hydrogens is 359 g/mol. The van der Waals surface area contributed by atoms with E-state index in [-0.39, 0.29) is 10.8 Å². The van der Waals surface area contributed by atoms with Crippen molar-refractivity contribution in [2.75, 3.05) is 31.6 Å². The quantitative estimate of drug-likeness (QED) is 0.814. The van der Waals surface area contributed by atoms with Crippen LogP contribution in [0.15, 0.2) is 0 Å². The number of carbonyl (C=O) groups excluding carboxylic acids is 1. The SMILES string of the molecule is Cc1nc(NC(=O)N2CC(C)(C)OC3(CCOC3)C2)sc1C(F)(F)F. The third kappa shape index (κ3) is 3.90. The Bertz CT molecular complexity index is 669. The van der Waals surface area contributed by atoms with Crippen molar-refractivity contribution in [1.29, 1.82) is 0 Å². The molecule has 0 aliphatic carbocycles. The van der Waals surface area contributed by atoms with E-state index in [1.807, 2.05) is 13.8 Å². The summed E-state index contributed by atoms with van der Waals surface area (Å²) < 4.78 is 50.1. The van der Waals surface area contributed by atoms with Gasteiger partial charge in [-0.15, -0.1) is 0 Å². The minimum absolute atomic E-state index is 0.0594. The summed E-state index contributed by atoms with van der Waals surface area (Å²) in [4.78, 5) is 17.1. The number of amides is 2. The number of nitrogens with zero attached hydrogens (tertiary/aromatic N) is 2. The molecule has 1 spiro atoms. The molecule has 1 N–H and O–H groups in total. The number of thiazole rings is 1. The van der Waals surface area contributed by atoms with Gasteiger partial charge in [0.25, 0.3) is 0 Å². The van der Waals surface area contributed by atoms with Crippen LogP contribution in [0, 0.1) is 6.92 Å². The Labute approximate surface area is 147 Å². The number of morpholine rings is 1. The van der Waals surface area contributed by atoms with Crippen LogP contribution in [0.1, 0.15) is 30.8 Å². The van der Waals surface area contributed by atoms with E-state index in [1.54, 1.807) is 4.90 Å². The molecule has 2 amide bonds. The van der Waals surface area contributed by atoms with Crippen LogP contribution in [0.5, 0.6) is 0 Å². The van der Waals surface area contributed by atoms with E-state index >= 15 is 0 Å². The van der Waals surface area contributed by atoms with Crippen LogP contribution in [0.4, 0.5) is 23.1 Å². The van der Waals surface area contributed by atoms with Gasteiger partial charge in [-0.25, -0.2) is 9.78 Å². The number of aryl methyl sites for hydroxylation is 1. The Kier molecular flexibility index (Phi) is 4.49. The lowest BCUT2D eigenvalue weighted by Gasteiger charge is -2.47. The standard InChI is InChI=1S/C15H20F3N3O3S/c1-9-10(15(16,17)18)25-11(19-9)20-12(22)21-6-13(2,3)24-14(7-21)4-5-23-8-14/h4-8H2,1-3H3,(H,19,20,22). The Morgan fingerprint density at radius 2 is 2.08 bits per heavy atom. The summed E-state index contributed by atoms with van der Waals surface area (Å²) in [6, 6.07) is -0.481. The third-order valence-corrected chi connectivity index (χ3v) is 5.28. The number of halogens is 3. The molecule has 2 saturated heterocycles. The van der Waals surface area contributed by atoms with Crippen molar-refractivity contribution in [3.63, 3.8) is 0 Å². The lowest BCUT2D eigenvalue weighted by Crippen LogP contribution is -2.62. The first-order chi connectivity index (χ1) is 11.5. The summed E-state index contributed by atoms with van der Waals surface area (Å²) in [6.07, 6.45) is -3.80. The molecule has 6 nitrogen and oxygen atoms in total. The molecular formula is C15H20F3N3O3S. The summed E-state index contributed by atoms with van der Waals surface area (Å²) in [5, 5.41) is 2.43. The molecule has 2 aliphatic rings. The highest BCUT2D eigenvalue weighted by molar-refractivity contribution is 7.16. The molecule has 0 radical (unpaired) electrons. The maximum absolute atomic E-state index is 12.9. The molecule has 1 unspecified atom stereocenters. The van der Waals surface area contributed by atoms with Crippen LogP contribution >= 0.6 is 11.3 Å². The summed E-state index contributed by atoms with van der Waals surface area (Å²) >= 11 is 0.432. The molecule has 0 bridgehead atoms. The summed E-state index contributed by atoms with van der Waals surface area (Å²) in [5.74, 6) is 0. The van der Waals surface area contributed by atoms with Crippen molar-refractivity contribution >= 4 is 22.5 Å². The molecule has 1 atom stereocenters. The molecule has 1 aromatic heterocycles. The van der Waals surface area contributed by atoms with Gasteiger partial charge in [-0.2, -0.15) is 13.2 Å². The average Bonchev–Trinajstić information content (AvgIpc) is 3.03. The highest BCUT2D eigenvalue weighted by Crippen LogP contribution is 2.38. The molecule has 0 aromatic carbocycles. The average molecular weight is 379 g/mol. The summed E-state index contributed by atoms with van der Waals surface area (Å²) in [6.45, 7) is 6.65. The second-order valence-electron chi connectivity index (χ2n) is 7.06. The number of aromatic nitrogens is 1. The molecule has 3 heterocycles. The number of hydrogen-bond acceptors (Lipinski definition) is 5. The maximum Gasteiger partial charge on any atom is 0.427 e. The Morgan fingerprint density at radius 1 is 1.36 bits per heavy atom. The number of ether oxygens (including phenoxy) is 2. The summed E-state index contributed by atoms with van der Waals surface area (Å²) in [5.41, 5.74) is -1.27. The first-order valence-electron chi connectivity index (χ1n) is 7.88. The number of nitrogens with one attached hydrogen (secondary N) is 1. The minimum Gasteiger partial charge on any atom is -0.378 e. The van der Waals surface area contributed by atoms with E-state index in [2.05, 4.69) is 10.3 Å². The minimum atomic E-state index is -4.48. The fraction of sp³-hybridized carbons (Fsp3) is 0.733. The Hall–Kier alpha value is -1.39. The third-order valence-electron chi connectivity index (χ3n) is 4.17. The predicted molar refractivity (Wildman–Crippen MR) is 85.8 cm³/mol. The fourth-order valence-corrected chi connectivity index (χ4v) is 4.16.